The van der Waals surface area contributed by atoms with Crippen molar-refractivity contribution in [3.05, 3.63) is 59.7 Å². The van der Waals surface area contributed by atoms with E-state index in [4.69, 9.17) is 4.74 Å². The first kappa shape index (κ1) is 22.2. The second-order valence-corrected chi connectivity index (χ2v) is 11.4. The van der Waals surface area contributed by atoms with Gasteiger partial charge in [-0.2, -0.15) is 21.3 Å². The van der Waals surface area contributed by atoms with Gasteiger partial charge < -0.3 is 4.74 Å². The third kappa shape index (κ3) is 4.49. The summed E-state index contributed by atoms with van der Waals surface area (Å²) in [7, 11) is -7.33. The van der Waals surface area contributed by atoms with Crippen LogP contribution in [0.5, 0.6) is 5.75 Å². The van der Waals surface area contributed by atoms with Gasteiger partial charge in [0, 0.05) is 39.3 Å². The Morgan fingerprint density at radius 2 is 1.39 bits per heavy atom. The zero-order valence-corrected chi connectivity index (χ0v) is 19.1. The molecule has 0 bridgehead atoms. The Kier molecular flexibility index (Phi) is 6.36. The fourth-order valence-electron chi connectivity index (χ4n) is 3.99. The molecular formula is C21H27N3O5S2. The molecule has 0 amide bonds. The zero-order valence-electron chi connectivity index (χ0n) is 17.5. The lowest BCUT2D eigenvalue weighted by atomic mass is 10.0. The maximum atomic E-state index is 13.1. The average Bonchev–Trinajstić information content (AvgIpc) is 2.79. The van der Waals surface area contributed by atoms with Gasteiger partial charge in [0.15, 0.2) is 0 Å². The summed E-state index contributed by atoms with van der Waals surface area (Å²) in [5, 5.41) is 0. The van der Waals surface area contributed by atoms with E-state index in [2.05, 4.69) is 0 Å². The number of piperazine rings is 1. The number of nitrogens with zero attached hydrogens (tertiary/aromatic N) is 3. The number of ether oxygens (including phenoxy) is 1. The van der Waals surface area contributed by atoms with Crippen molar-refractivity contribution in [3.63, 3.8) is 0 Å². The fourth-order valence-corrected chi connectivity index (χ4v) is 6.99. The van der Waals surface area contributed by atoms with Crippen LogP contribution in [-0.4, -0.2) is 69.1 Å². The number of sulfonamides is 1. The minimum absolute atomic E-state index is 0.124. The molecule has 2 aromatic rings. The molecule has 0 saturated carbocycles. The van der Waals surface area contributed by atoms with Gasteiger partial charge in [-0.05, 0) is 48.7 Å². The fraction of sp³-hybridized carbons (Fsp3) is 0.429. The van der Waals surface area contributed by atoms with Gasteiger partial charge in [0.1, 0.15) is 5.75 Å². The van der Waals surface area contributed by atoms with E-state index in [9.17, 15) is 16.8 Å². The Bertz CT molecular complexity index is 1130. The SMILES string of the molecule is CCOc1ccc(S(=O)(=O)N2CCN(S(=O)(=O)N3CCc4ccccc4C3)CC2)cc1. The maximum Gasteiger partial charge on any atom is 0.282 e. The summed E-state index contributed by atoms with van der Waals surface area (Å²) in [6.45, 7) is 3.67. The van der Waals surface area contributed by atoms with E-state index >= 15 is 0 Å². The molecule has 0 spiro atoms. The molecule has 0 aromatic heterocycles. The number of rotatable bonds is 6. The van der Waals surface area contributed by atoms with Crippen LogP contribution in [-0.2, 0) is 33.2 Å². The summed E-state index contributed by atoms with van der Waals surface area (Å²) in [6, 6.07) is 14.2. The number of benzene rings is 2. The van der Waals surface area contributed by atoms with Crippen molar-refractivity contribution in [3.8, 4) is 5.75 Å². The van der Waals surface area contributed by atoms with Gasteiger partial charge in [-0.1, -0.05) is 24.3 Å². The number of hydrogen-bond donors (Lipinski definition) is 0. The molecule has 0 atom stereocenters. The highest BCUT2D eigenvalue weighted by molar-refractivity contribution is 7.89. The Morgan fingerprint density at radius 3 is 2.03 bits per heavy atom. The highest BCUT2D eigenvalue weighted by Gasteiger charge is 2.37. The van der Waals surface area contributed by atoms with Gasteiger partial charge in [0.05, 0.1) is 11.5 Å². The third-order valence-electron chi connectivity index (χ3n) is 5.72. The number of fused-ring (bicyclic) bond motifs is 1. The van der Waals surface area contributed by atoms with Crippen LogP contribution in [0.3, 0.4) is 0 Å². The van der Waals surface area contributed by atoms with E-state index in [1.54, 1.807) is 12.1 Å². The Hall–Kier alpha value is -1.98. The van der Waals surface area contributed by atoms with E-state index in [0.29, 0.717) is 31.9 Å². The molecule has 0 radical (unpaired) electrons. The topological polar surface area (TPSA) is 87.2 Å². The summed E-state index contributed by atoms with van der Waals surface area (Å²) in [6.07, 6.45) is 0.682. The minimum Gasteiger partial charge on any atom is -0.494 e. The Morgan fingerprint density at radius 1 is 0.774 bits per heavy atom. The van der Waals surface area contributed by atoms with Crippen molar-refractivity contribution >= 4 is 20.2 Å². The summed E-state index contributed by atoms with van der Waals surface area (Å²) in [5.41, 5.74) is 2.20. The van der Waals surface area contributed by atoms with Crippen LogP contribution in [0.4, 0.5) is 0 Å². The molecule has 0 unspecified atom stereocenters. The molecular weight excluding hydrogens is 438 g/mol. The molecule has 2 heterocycles. The quantitative estimate of drug-likeness (QED) is 0.648. The van der Waals surface area contributed by atoms with Gasteiger partial charge in [-0.15, -0.1) is 0 Å². The van der Waals surface area contributed by atoms with E-state index in [0.717, 1.165) is 5.56 Å². The molecule has 2 aliphatic heterocycles. The van der Waals surface area contributed by atoms with Crippen LogP contribution in [0, 0.1) is 0 Å². The molecule has 10 heteroatoms. The summed E-state index contributed by atoms with van der Waals surface area (Å²) in [5.74, 6) is 0.612. The van der Waals surface area contributed by atoms with Crippen molar-refractivity contribution in [2.75, 3.05) is 39.3 Å². The summed E-state index contributed by atoms with van der Waals surface area (Å²) in [4.78, 5) is 0.180. The standard InChI is InChI=1S/C21H27N3O5S2/c1-2-29-20-7-9-21(10-8-20)30(25,26)22-13-15-23(16-14-22)31(27,28)24-12-11-18-5-3-4-6-19(18)17-24/h3-10H,2,11-17H2,1H3. The summed E-state index contributed by atoms with van der Waals surface area (Å²) >= 11 is 0. The van der Waals surface area contributed by atoms with Gasteiger partial charge >= 0.3 is 0 Å². The zero-order chi connectivity index (χ0) is 22.1. The molecule has 168 valence electrons. The number of hydrogen-bond acceptors (Lipinski definition) is 5. The lowest BCUT2D eigenvalue weighted by molar-refractivity contribution is 0.250. The molecule has 0 N–H and O–H groups in total. The largest absolute Gasteiger partial charge is 0.494 e. The molecule has 0 aliphatic carbocycles. The van der Waals surface area contributed by atoms with E-state index in [-0.39, 0.29) is 31.1 Å². The third-order valence-corrected chi connectivity index (χ3v) is 9.61. The van der Waals surface area contributed by atoms with Crippen molar-refractivity contribution < 1.29 is 21.6 Å². The van der Waals surface area contributed by atoms with Gasteiger partial charge in [-0.3, -0.25) is 0 Å². The lowest BCUT2D eigenvalue weighted by Crippen LogP contribution is -2.54. The van der Waals surface area contributed by atoms with Crippen LogP contribution in [0.15, 0.2) is 53.4 Å². The first-order chi connectivity index (χ1) is 14.8. The van der Waals surface area contributed by atoms with Crippen LogP contribution in [0.2, 0.25) is 0 Å². The molecule has 1 saturated heterocycles. The van der Waals surface area contributed by atoms with Crippen LogP contribution in [0.25, 0.3) is 0 Å². The first-order valence-electron chi connectivity index (χ1n) is 10.4. The van der Waals surface area contributed by atoms with Crippen LogP contribution in [0.1, 0.15) is 18.1 Å². The van der Waals surface area contributed by atoms with Crippen molar-refractivity contribution in [1.29, 1.82) is 0 Å². The molecule has 2 aliphatic rings. The van der Waals surface area contributed by atoms with Crippen molar-refractivity contribution in [2.24, 2.45) is 0 Å². The van der Waals surface area contributed by atoms with E-state index < -0.39 is 20.2 Å². The predicted octanol–water partition coefficient (Wildman–Crippen LogP) is 1.69. The van der Waals surface area contributed by atoms with Crippen LogP contribution >= 0.6 is 0 Å². The van der Waals surface area contributed by atoms with E-state index in [1.165, 1.54) is 30.6 Å². The Labute approximate surface area is 184 Å². The highest BCUT2D eigenvalue weighted by Crippen LogP contribution is 2.25. The van der Waals surface area contributed by atoms with Crippen LogP contribution < -0.4 is 4.74 Å². The monoisotopic (exact) mass is 465 g/mol. The maximum absolute atomic E-state index is 13.1. The van der Waals surface area contributed by atoms with Gasteiger partial charge in [-0.25, -0.2) is 8.42 Å². The molecule has 2 aromatic carbocycles. The average molecular weight is 466 g/mol. The van der Waals surface area contributed by atoms with Gasteiger partial charge in [0.25, 0.3) is 10.2 Å². The van der Waals surface area contributed by atoms with Crippen molar-refractivity contribution in [2.45, 2.75) is 24.8 Å². The molecule has 4 rings (SSSR count). The molecule has 1 fully saturated rings. The van der Waals surface area contributed by atoms with Gasteiger partial charge in [0.2, 0.25) is 10.0 Å². The predicted molar refractivity (Wildman–Crippen MR) is 117 cm³/mol. The minimum atomic E-state index is -3.68. The first-order valence-corrected chi connectivity index (χ1v) is 13.2. The summed E-state index contributed by atoms with van der Waals surface area (Å²) < 4.78 is 61.8. The second-order valence-electron chi connectivity index (χ2n) is 7.57. The second kappa shape index (κ2) is 8.87. The molecule has 31 heavy (non-hydrogen) atoms. The molecule has 8 nitrogen and oxygen atoms in total. The highest BCUT2D eigenvalue weighted by atomic mass is 32.2. The van der Waals surface area contributed by atoms with E-state index in [1.807, 2.05) is 31.2 Å². The van der Waals surface area contributed by atoms with Crippen molar-refractivity contribution in [1.82, 2.24) is 12.9 Å². The lowest BCUT2D eigenvalue weighted by Gasteiger charge is -2.37. The Balaban J connectivity index is 1.42. The normalized spacial score (nSPS) is 19.1. The smallest absolute Gasteiger partial charge is 0.282 e.